The molecule has 0 aliphatic carbocycles. The summed E-state index contributed by atoms with van der Waals surface area (Å²) < 4.78 is 5.30. The number of amides is 1. The topological polar surface area (TPSA) is 75.6 Å². The van der Waals surface area contributed by atoms with Crippen molar-refractivity contribution in [3.8, 4) is 5.75 Å². The Labute approximate surface area is 122 Å². The number of nitrogens with one attached hydrogen (secondary N) is 1. The van der Waals surface area contributed by atoms with E-state index in [0.717, 1.165) is 5.56 Å². The van der Waals surface area contributed by atoms with Crippen LogP contribution in [0.25, 0.3) is 0 Å². The number of carboxylic acid groups (broad SMARTS) is 1. The van der Waals surface area contributed by atoms with Gasteiger partial charge in [0.25, 0.3) is 5.91 Å². The molecule has 2 N–H and O–H groups in total. The van der Waals surface area contributed by atoms with Crippen molar-refractivity contribution in [1.29, 1.82) is 0 Å². The normalized spacial score (nSPS) is 12.1. The molecule has 110 valence electrons. The average Bonchev–Trinajstić information content (AvgIpc) is 2.36. The van der Waals surface area contributed by atoms with Gasteiger partial charge in [0, 0.05) is 0 Å². The van der Waals surface area contributed by atoms with Gasteiger partial charge in [-0.15, -0.1) is 0 Å². The number of aliphatic carboxylic acids is 1. The Hall–Kier alpha value is -1.75. The zero-order chi connectivity index (χ0) is 15.3. The number of aryl methyl sites for hydroxylation is 1. The largest absolute Gasteiger partial charge is 0.482 e. The number of halogens is 1. The molecule has 0 bridgehead atoms. The van der Waals surface area contributed by atoms with Crippen LogP contribution in [0.15, 0.2) is 18.2 Å². The third-order valence-corrected chi connectivity index (χ3v) is 3.01. The van der Waals surface area contributed by atoms with Crippen molar-refractivity contribution in [1.82, 2.24) is 5.32 Å². The fourth-order valence-electron chi connectivity index (χ4n) is 1.59. The van der Waals surface area contributed by atoms with Crippen molar-refractivity contribution in [3.05, 3.63) is 28.8 Å². The number of hydrogen-bond donors (Lipinski definition) is 2. The lowest BCUT2D eigenvalue weighted by molar-refractivity contribution is -0.143. The second-order valence-corrected chi connectivity index (χ2v) is 5.26. The van der Waals surface area contributed by atoms with Crippen LogP contribution in [-0.4, -0.2) is 29.6 Å². The van der Waals surface area contributed by atoms with Crippen molar-refractivity contribution in [3.63, 3.8) is 0 Å². The van der Waals surface area contributed by atoms with E-state index in [-0.39, 0.29) is 12.5 Å². The van der Waals surface area contributed by atoms with Gasteiger partial charge in [-0.25, -0.2) is 4.79 Å². The number of hydrogen-bond acceptors (Lipinski definition) is 3. The highest BCUT2D eigenvalue weighted by molar-refractivity contribution is 6.32. The van der Waals surface area contributed by atoms with Crippen LogP contribution < -0.4 is 10.1 Å². The van der Waals surface area contributed by atoms with E-state index < -0.39 is 17.9 Å². The van der Waals surface area contributed by atoms with Crippen molar-refractivity contribution >= 4 is 23.5 Å². The van der Waals surface area contributed by atoms with Gasteiger partial charge in [0.05, 0.1) is 5.02 Å². The molecule has 0 spiro atoms. The summed E-state index contributed by atoms with van der Waals surface area (Å²) in [5.41, 5.74) is 0.954. The van der Waals surface area contributed by atoms with E-state index in [1.807, 2.05) is 13.0 Å². The number of carbonyl (C=O) groups is 2. The smallest absolute Gasteiger partial charge is 0.326 e. The first kappa shape index (κ1) is 16.3. The Kier molecular flexibility index (Phi) is 5.82. The predicted molar refractivity (Wildman–Crippen MR) is 76.1 cm³/mol. The molecule has 0 aromatic heterocycles. The Morgan fingerprint density at radius 1 is 1.40 bits per heavy atom. The van der Waals surface area contributed by atoms with Gasteiger partial charge in [-0.05, 0) is 30.5 Å². The molecule has 1 aromatic carbocycles. The fraction of sp³-hybridized carbons (Fsp3) is 0.429. The van der Waals surface area contributed by atoms with E-state index in [2.05, 4.69) is 5.32 Å². The zero-order valence-corrected chi connectivity index (χ0v) is 12.4. The van der Waals surface area contributed by atoms with E-state index in [9.17, 15) is 9.59 Å². The van der Waals surface area contributed by atoms with Gasteiger partial charge < -0.3 is 15.2 Å². The van der Waals surface area contributed by atoms with Gasteiger partial charge in [0.15, 0.2) is 6.61 Å². The molecule has 1 aromatic rings. The van der Waals surface area contributed by atoms with E-state index in [0.29, 0.717) is 10.8 Å². The predicted octanol–water partition coefficient (Wildman–Crippen LogP) is 2.25. The molecule has 0 aliphatic heterocycles. The summed E-state index contributed by atoms with van der Waals surface area (Å²) in [6.45, 7) is 5.04. The van der Waals surface area contributed by atoms with Gasteiger partial charge in [0.1, 0.15) is 11.8 Å². The van der Waals surface area contributed by atoms with Crippen LogP contribution in [0.3, 0.4) is 0 Å². The molecule has 1 rings (SSSR count). The van der Waals surface area contributed by atoms with Crippen molar-refractivity contribution in [2.45, 2.75) is 26.8 Å². The molecule has 0 saturated heterocycles. The number of benzene rings is 1. The highest BCUT2D eigenvalue weighted by atomic mass is 35.5. The minimum Gasteiger partial charge on any atom is -0.482 e. The van der Waals surface area contributed by atoms with Gasteiger partial charge >= 0.3 is 5.97 Å². The molecular weight excluding hydrogens is 282 g/mol. The molecule has 0 radical (unpaired) electrons. The molecule has 0 heterocycles. The van der Waals surface area contributed by atoms with E-state index in [1.165, 1.54) is 0 Å². The molecule has 1 amide bonds. The lowest BCUT2D eigenvalue weighted by Crippen LogP contribution is -2.46. The van der Waals surface area contributed by atoms with E-state index in [4.69, 9.17) is 21.4 Å². The van der Waals surface area contributed by atoms with Crippen LogP contribution in [0.2, 0.25) is 5.02 Å². The maximum atomic E-state index is 11.7. The molecule has 0 unspecified atom stereocenters. The number of rotatable bonds is 6. The van der Waals surface area contributed by atoms with Gasteiger partial charge in [0.2, 0.25) is 0 Å². The van der Waals surface area contributed by atoms with Crippen LogP contribution in [0, 0.1) is 12.8 Å². The summed E-state index contributed by atoms with van der Waals surface area (Å²) in [7, 11) is 0. The Morgan fingerprint density at radius 2 is 2.05 bits per heavy atom. The lowest BCUT2D eigenvalue weighted by Gasteiger charge is -2.18. The first-order valence-corrected chi connectivity index (χ1v) is 6.60. The average molecular weight is 300 g/mol. The first-order valence-electron chi connectivity index (χ1n) is 6.22. The van der Waals surface area contributed by atoms with Crippen molar-refractivity contribution in [2.75, 3.05) is 6.61 Å². The third kappa shape index (κ3) is 4.74. The molecule has 6 heteroatoms. The van der Waals surface area contributed by atoms with E-state index >= 15 is 0 Å². The van der Waals surface area contributed by atoms with Crippen LogP contribution in [0.5, 0.6) is 5.75 Å². The molecule has 5 nitrogen and oxygen atoms in total. The monoisotopic (exact) mass is 299 g/mol. The zero-order valence-electron chi connectivity index (χ0n) is 11.6. The maximum absolute atomic E-state index is 11.7. The standard InChI is InChI=1S/C14H18ClNO4/c1-8(2)13(14(18)19)16-12(17)7-20-11-6-9(3)4-5-10(11)15/h4-6,8,13H,7H2,1-3H3,(H,16,17)(H,18,19)/t13-/m0/s1. The molecule has 20 heavy (non-hydrogen) atoms. The highest BCUT2D eigenvalue weighted by Crippen LogP contribution is 2.25. The van der Waals surface area contributed by atoms with Crippen molar-refractivity contribution < 1.29 is 19.4 Å². The van der Waals surface area contributed by atoms with E-state index in [1.54, 1.807) is 26.0 Å². The molecule has 0 saturated carbocycles. The molecular formula is C14H18ClNO4. The summed E-state index contributed by atoms with van der Waals surface area (Å²) in [5, 5.41) is 11.8. The molecule has 1 atom stereocenters. The van der Waals surface area contributed by atoms with Crippen LogP contribution in [-0.2, 0) is 9.59 Å². The Bertz CT molecular complexity index is 502. The second kappa shape index (κ2) is 7.14. The van der Waals surface area contributed by atoms with Crippen molar-refractivity contribution in [2.24, 2.45) is 5.92 Å². The summed E-state index contributed by atoms with van der Waals surface area (Å²) in [6.07, 6.45) is 0. The molecule has 0 fully saturated rings. The van der Waals surface area contributed by atoms with Gasteiger partial charge in [-0.1, -0.05) is 31.5 Å². The van der Waals surface area contributed by atoms with Crippen LogP contribution >= 0.6 is 11.6 Å². The SMILES string of the molecule is Cc1ccc(Cl)c(OCC(=O)N[C@H](C(=O)O)C(C)C)c1. The number of ether oxygens (including phenoxy) is 1. The summed E-state index contributed by atoms with van der Waals surface area (Å²) in [4.78, 5) is 22.7. The molecule has 0 aliphatic rings. The van der Waals surface area contributed by atoms with Gasteiger partial charge in [-0.2, -0.15) is 0 Å². The van der Waals surface area contributed by atoms with Crippen LogP contribution in [0.4, 0.5) is 0 Å². The minimum absolute atomic E-state index is 0.209. The first-order chi connectivity index (χ1) is 9.31. The number of carboxylic acids is 1. The fourth-order valence-corrected chi connectivity index (χ4v) is 1.77. The quantitative estimate of drug-likeness (QED) is 0.845. The number of carbonyl (C=O) groups excluding carboxylic acids is 1. The highest BCUT2D eigenvalue weighted by Gasteiger charge is 2.23. The lowest BCUT2D eigenvalue weighted by atomic mass is 10.1. The maximum Gasteiger partial charge on any atom is 0.326 e. The van der Waals surface area contributed by atoms with Crippen LogP contribution in [0.1, 0.15) is 19.4 Å². The Morgan fingerprint density at radius 3 is 2.60 bits per heavy atom. The summed E-state index contributed by atoms with van der Waals surface area (Å²) in [6, 6.07) is 4.29. The minimum atomic E-state index is -1.07. The third-order valence-electron chi connectivity index (χ3n) is 2.69. The Balaban J connectivity index is 2.59. The summed E-state index contributed by atoms with van der Waals surface area (Å²) >= 11 is 5.94. The summed E-state index contributed by atoms with van der Waals surface area (Å²) in [5.74, 6) is -1.37. The van der Waals surface area contributed by atoms with Gasteiger partial charge in [-0.3, -0.25) is 4.79 Å². The second-order valence-electron chi connectivity index (χ2n) is 4.85.